The number of fused-ring (bicyclic) bond motifs is 10. The van der Waals surface area contributed by atoms with Crippen molar-refractivity contribution >= 4 is 100 Å². The lowest BCUT2D eigenvalue weighted by molar-refractivity contribution is 0.669. The van der Waals surface area contributed by atoms with Crippen molar-refractivity contribution < 1.29 is 4.42 Å². The second-order valence-electron chi connectivity index (χ2n) is 22.3. The number of nitrogens with zero attached hydrogens (tertiary/aromatic N) is 5. The van der Waals surface area contributed by atoms with Gasteiger partial charge in [0.1, 0.15) is 11.2 Å². The van der Waals surface area contributed by atoms with Crippen LogP contribution in [-0.2, 0) is 0 Å². The van der Waals surface area contributed by atoms with Crippen LogP contribution in [0, 0.1) is 0 Å². The molecule has 0 bridgehead atoms. The summed E-state index contributed by atoms with van der Waals surface area (Å²) in [6.07, 6.45) is 0. The van der Waals surface area contributed by atoms with E-state index in [1.165, 1.54) is 53.8 Å². The van der Waals surface area contributed by atoms with E-state index in [0.29, 0.717) is 17.6 Å². The van der Waals surface area contributed by atoms with Crippen molar-refractivity contribution in [3.05, 3.63) is 309 Å². The molecule has 0 saturated heterocycles. The van der Waals surface area contributed by atoms with E-state index in [1.807, 2.05) is 48.5 Å². The fourth-order valence-corrected chi connectivity index (χ4v) is 18.8. The van der Waals surface area contributed by atoms with Crippen molar-refractivity contribution in [3.63, 3.8) is 0 Å². The molecule has 1 aliphatic rings. The SMILES string of the molecule is c1ccc(-c2ccc(N(c3ccc4c(c3)[Si](c3ccccc3)(c3ccccc3)c3cc(-c5ccc6c(c5)c5cc7c(cc5n6-c5nc(-c6ccccc6)nc(-c6ccccc6)n5)oc5ccccc57)ccc3-4)c3ccc4ccccc4c3)cc2)cc1. The molecule has 3 aromatic heterocycles. The van der Waals surface area contributed by atoms with Crippen LogP contribution in [0.15, 0.2) is 314 Å². The van der Waals surface area contributed by atoms with Gasteiger partial charge in [0.2, 0.25) is 5.95 Å². The van der Waals surface area contributed by atoms with Gasteiger partial charge in [-0.2, -0.15) is 9.97 Å². The maximum absolute atomic E-state index is 6.62. The van der Waals surface area contributed by atoms with Gasteiger partial charge in [-0.25, -0.2) is 4.98 Å². The first kappa shape index (κ1) is 49.4. The summed E-state index contributed by atoms with van der Waals surface area (Å²) in [5.74, 6) is 1.72. The van der Waals surface area contributed by atoms with E-state index in [1.54, 1.807) is 0 Å². The maximum atomic E-state index is 6.62. The molecule has 4 heterocycles. The van der Waals surface area contributed by atoms with Crippen molar-refractivity contribution in [3.8, 4) is 62.1 Å². The highest BCUT2D eigenvalue weighted by molar-refractivity contribution is 7.22. The Morgan fingerprint density at radius 2 is 0.802 bits per heavy atom. The minimum atomic E-state index is -3.08. The lowest BCUT2D eigenvalue weighted by atomic mass is 9.98. The summed E-state index contributed by atoms with van der Waals surface area (Å²) in [5, 5.41) is 12.1. The van der Waals surface area contributed by atoms with Crippen molar-refractivity contribution in [2.75, 3.05) is 4.90 Å². The first-order valence-electron chi connectivity index (χ1n) is 29.2. The van der Waals surface area contributed by atoms with Gasteiger partial charge in [-0.1, -0.05) is 243 Å². The molecule has 0 unspecified atom stereocenters. The summed E-state index contributed by atoms with van der Waals surface area (Å²) in [4.78, 5) is 18.1. The fraction of sp³-hybridized carbons (Fsp3) is 0. The molecule has 86 heavy (non-hydrogen) atoms. The van der Waals surface area contributed by atoms with Gasteiger partial charge >= 0.3 is 0 Å². The topological polar surface area (TPSA) is 60.0 Å². The van der Waals surface area contributed by atoms with E-state index < -0.39 is 8.07 Å². The van der Waals surface area contributed by atoms with Crippen LogP contribution in [0.1, 0.15) is 0 Å². The molecule has 0 aliphatic carbocycles. The lowest BCUT2D eigenvalue weighted by Gasteiger charge is -2.33. The summed E-state index contributed by atoms with van der Waals surface area (Å²) in [6, 6.07) is 112. The second-order valence-corrected chi connectivity index (χ2v) is 26.0. The van der Waals surface area contributed by atoms with E-state index in [2.05, 4.69) is 270 Å². The molecule has 0 atom stereocenters. The Kier molecular flexibility index (Phi) is 11.5. The van der Waals surface area contributed by atoms with Gasteiger partial charge in [0.05, 0.1) is 11.0 Å². The fourth-order valence-electron chi connectivity index (χ4n) is 13.5. The van der Waals surface area contributed by atoms with Gasteiger partial charge in [-0.15, -0.1) is 0 Å². The number of benzene rings is 13. The number of hydrogen-bond donors (Lipinski definition) is 0. The van der Waals surface area contributed by atoms with Crippen LogP contribution in [0.25, 0.3) is 117 Å². The monoisotopic (exact) mass is 1110 g/mol. The third-order valence-corrected chi connectivity index (χ3v) is 22.3. The smallest absolute Gasteiger partial charge is 0.238 e. The van der Waals surface area contributed by atoms with Crippen LogP contribution in [0.3, 0.4) is 0 Å². The summed E-state index contributed by atoms with van der Waals surface area (Å²) in [7, 11) is -3.08. The van der Waals surface area contributed by atoms with Crippen LogP contribution in [0.2, 0.25) is 0 Å². The van der Waals surface area contributed by atoms with Gasteiger partial charge < -0.3 is 9.32 Å². The van der Waals surface area contributed by atoms with Gasteiger partial charge in [-0.3, -0.25) is 4.57 Å². The number of aromatic nitrogens is 4. The van der Waals surface area contributed by atoms with Crippen molar-refractivity contribution in [2.24, 2.45) is 0 Å². The molecule has 17 rings (SSSR count). The Morgan fingerprint density at radius 3 is 1.49 bits per heavy atom. The van der Waals surface area contributed by atoms with E-state index >= 15 is 0 Å². The average molecular weight is 1110 g/mol. The minimum Gasteiger partial charge on any atom is -0.456 e. The summed E-state index contributed by atoms with van der Waals surface area (Å²) < 4.78 is 8.82. The Bertz CT molecular complexity index is 5180. The van der Waals surface area contributed by atoms with Crippen molar-refractivity contribution in [1.82, 2.24) is 19.5 Å². The van der Waals surface area contributed by atoms with Crippen molar-refractivity contribution in [1.29, 1.82) is 0 Å². The van der Waals surface area contributed by atoms with Crippen LogP contribution >= 0.6 is 0 Å². The quantitative estimate of drug-likeness (QED) is 0.128. The molecular weight excluding hydrogens is 1060 g/mol. The average Bonchev–Trinajstić information content (AvgIpc) is 1.79. The number of anilines is 3. The highest BCUT2D eigenvalue weighted by atomic mass is 28.3. The van der Waals surface area contributed by atoms with E-state index in [0.717, 1.165) is 83.1 Å². The van der Waals surface area contributed by atoms with Crippen LogP contribution in [0.4, 0.5) is 17.1 Å². The molecule has 0 spiro atoms. The highest BCUT2D eigenvalue weighted by Gasteiger charge is 2.49. The van der Waals surface area contributed by atoms with E-state index in [9.17, 15) is 0 Å². The van der Waals surface area contributed by atoms with Gasteiger partial charge in [-0.05, 0) is 126 Å². The van der Waals surface area contributed by atoms with Crippen LogP contribution in [0.5, 0.6) is 0 Å². The number of para-hydroxylation sites is 1. The van der Waals surface area contributed by atoms with Gasteiger partial charge in [0, 0.05) is 55.8 Å². The van der Waals surface area contributed by atoms with E-state index in [-0.39, 0.29) is 0 Å². The zero-order valence-electron chi connectivity index (χ0n) is 46.6. The molecule has 16 aromatic rings. The third-order valence-electron chi connectivity index (χ3n) is 17.5. The highest BCUT2D eigenvalue weighted by Crippen LogP contribution is 2.43. The Labute approximate surface area is 497 Å². The predicted molar refractivity (Wildman–Crippen MR) is 358 cm³/mol. The molecule has 1 aliphatic heterocycles. The third kappa shape index (κ3) is 7.97. The summed E-state index contributed by atoms with van der Waals surface area (Å²) >= 11 is 0. The molecular formula is C79H51N5OSi. The zero-order valence-corrected chi connectivity index (χ0v) is 47.6. The normalized spacial score (nSPS) is 12.5. The molecule has 0 saturated carbocycles. The molecule has 0 radical (unpaired) electrons. The second kappa shape index (κ2) is 20.0. The molecule has 7 heteroatoms. The standard InChI is InChI=1S/C79H51N5OSi/c1-6-20-52(21-7-1)54-34-39-60(40-35-54)83(61-41-36-53-22-16-17-27-57(53)46-61)62-42-44-67-66-43-37-59(48-75(66)86(76(67)49-62,63-28-12-4-13-29-63)64-30-14-5-15-31-64)58-38-45-71-68(47-58)69-50-70-65-32-18-19-33-73(65)85-74(70)51-72(69)84(71)79-81-77(55-23-8-2-9-24-55)80-78(82-79)56-25-10-3-11-26-56/h1-51H. The van der Waals surface area contributed by atoms with Crippen molar-refractivity contribution in [2.45, 2.75) is 0 Å². The molecule has 402 valence electrons. The predicted octanol–water partition coefficient (Wildman–Crippen LogP) is 17.5. The van der Waals surface area contributed by atoms with Crippen LogP contribution in [-0.4, -0.2) is 27.6 Å². The summed E-state index contributed by atoms with van der Waals surface area (Å²) in [5.41, 5.74) is 15.9. The lowest BCUT2D eigenvalue weighted by Crippen LogP contribution is -2.72. The van der Waals surface area contributed by atoms with Gasteiger partial charge in [0.15, 0.2) is 19.7 Å². The Hall–Kier alpha value is -11.3. The Balaban J connectivity index is 0.873. The molecule has 0 N–H and O–H groups in total. The molecule has 0 fully saturated rings. The first-order chi connectivity index (χ1) is 42.6. The molecule has 0 amide bonds. The minimum absolute atomic E-state index is 0.528. The molecule has 6 nitrogen and oxygen atoms in total. The number of furan rings is 1. The van der Waals surface area contributed by atoms with Gasteiger partial charge in [0.25, 0.3) is 0 Å². The van der Waals surface area contributed by atoms with Crippen LogP contribution < -0.4 is 25.6 Å². The molecule has 13 aromatic carbocycles. The van der Waals surface area contributed by atoms with E-state index in [4.69, 9.17) is 19.4 Å². The maximum Gasteiger partial charge on any atom is 0.238 e. The zero-order chi connectivity index (χ0) is 56.7. The summed E-state index contributed by atoms with van der Waals surface area (Å²) in [6.45, 7) is 0. The first-order valence-corrected chi connectivity index (χ1v) is 31.2. The largest absolute Gasteiger partial charge is 0.456 e. The Morgan fingerprint density at radius 1 is 0.302 bits per heavy atom. The number of hydrogen-bond acceptors (Lipinski definition) is 5. The number of rotatable bonds is 10.